The number of aromatic nitrogens is 2. The molecule has 5 nitrogen and oxygen atoms in total. The van der Waals surface area contributed by atoms with Crippen LogP contribution in [0.25, 0.3) is 0 Å². The molecule has 6 heteroatoms. The number of amides is 1. The third kappa shape index (κ3) is 2.80. The molecule has 0 aromatic carbocycles. The first-order valence-electron chi connectivity index (χ1n) is 5.54. The number of halogens is 1. The minimum absolute atomic E-state index is 0.267. The van der Waals surface area contributed by atoms with Gasteiger partial charge in [-0.05, 0) is 36.7 Å². The molecule has 2 rings (SSSR count). The predicted octanol–water partition coefficient (Wildman–Crippen LogP) is 2.40. The van der Waals surface area contributed by atoms with Gasteiger partial charge in [-0.3, -0.25) is 0 Å². The van der Waals surface area contributed by atoms with Crippen molar-refractivity contribution >= 4 is 22.0 Å². The summed E-state index contributed by atoms with van der Waals surface area (Å²) < 4.78 is 8.19. The molecule has 0 atom stereocenters. The van der Waals surface area contributed by atoms with Crippen molar-refractivity contribution in [2.24, 2.45) is 0 Å². The van der Waals surface area contributed by atoms with E-state index in [1.165, 1.54) is 0 Å². The van der Waals surface area contributed by atoms with Crippen molar-refractivity contribution in [3.8, 4) is 0 Å². The fourth-order valence-corrected chi connectivity index (χ4v) is 2.15. The number of imidazole rings is 1. The molecule has 0 aliphatic carbocycles. The van der Waals surface area contributed by atoms with Gasteiger partial charge in [0.2, 0.25) is 0 Å². The highest BCUT2D eigenvalue weighted by molar-refractivity contribution is 9.10. The lowest BCUT2D eigenvalue weighted by atomic mass is 10.2. The highest BCUT2D eigenvalue weighted by atomic mass is 79.9. The van der Waals surface area contributed by atoms with Crippen LogP contribution in [0.2, 0.25) is 0 Å². The molecule has 1 aliphatic heterocycles. The molecule has 1 aliphatic rings. The molecular weight excluding hydrogens is 286 g/mol. The van der Waals surface area contributed by atoms with Crippen LogP contribution in [-0.2, 0) is 17.8 Å². The molecule has 0 saturated carbocycles. The van der Waals surface area contributed by atoms with Gasteiger partial charge >= 0.3 is 6.09 Å². The second-order valence-electron chi connectivity index (χ2n) is 5.08. The van der Waals surface area contributed by atoms with E-state index in [2.05, 4.69) is 20.9 Å². The number of hydrogen-bond donors (Lipinski definition) is 0. The van der Waals surface area contributed by atoms with E-state index >= 15 is 0 Å². The van der Waals surface area contributed by atoms with Crippen molar-refractivity contribution in [2.75, 3.05) is 6.54 Å². The SMILES string of the molecule is CC(C)(C)OC(=O)N1CCn2cnc(Br)c2C1. The molecule has 0 spiro atoms. The summed E-state index contributed by atoms with van der Waals surface area (Å²) in [5.41, 5.74) is 0.563. The Labute approximate surface area is 109 Å². The van der Waals surface area contributed by atoms with Gasteiger partial charge in [-0.2, -0.15) is 0 Å². The summed E-state index contributed by atoms with van der Waals surface area (Å²) in [5.74, 6) is 0. The Kier molecular flexibility index (Phi) is 3.16. The molecule has 0 radical (unpaired) electrons. The van der Waals surface area contributed by atoms with Crippen LogP contribution in [0.1, 0.15) is 26.5 Å². The molecule has 0 fully saturated rings. The first-order valence-corrected chi connectivity index (χ1v) is 6.33. The van der Waals surface area contributed by atoms with Crippen LogP contribution in [-0.4, -0.2) is 32.7 Å². The van der Waals surface area contributed by atoms with Gasteiger partial charge in [0.15, 0.2) is 0 Å². The van der Waals surface area contributed by atoms with Gasteiger partial charge in [-0.15, -0.1) is 0 Å². The van der Waals surface area contributed by atoms with E-state index in [1.54, 1.807) is 11.2 Å². The third-order valence-corrected chi connectivity index (χ3v) is 3.16. The molecule has 1 aromatic heterocycles. The third-order valence-electron chi connectivity index (χ3n) is 2.50. The van der Waals surface area contributed by atoms with Gasteiger partial charge in [0.1, 0.15) is 10.2 Å². The Morgan fingerprint density at radius 1 is 1.47 bits per heavy atom. The van der Waals surface area contributed by atoms with E-state index in [0.29, 0.717) is 13.1 Å². The van der Waals surface area contributed by atoms with E-state index in [4.69, 9.17) is 4.74 Å². The smallest absolute Gasteiger partial charge is 0.410 e. The molecule has 0 bridgehead atoms. The van der Waals surface area contributed by atoms with E-state index in [9.17, 15) is 4.79 Å². The van der Waals surface area contributed by atoms with Crippen LogP contribution in [0.4, 0.5) is 4.79 Å². The number of carbonyl (C=O) groups excluding carboxylic acids is 1. The lowest BCUT2D eigenvalue weighted by molar-refractivity contribution is 0.0198. The monoisotopic (exact) mass is 301 g/mol. The van der Waals surface area contributed by atoms with Crippen LogP contribution in [0.5, 0.6) is 0 Å². The molecule has 94 valence electrons. The lowest BCUT2D eigenvalue weighted by Gasteiger charge is -2.30. The summed E-state index contributed by atoms with van der Waals surface area (Å²) in [7, 11) is 0. The molecule has 0 saturated heterocycles. The number of ether oxygens (including phenoxy) is 1. The minimum atomic E-state index is -0.452. The molecule has 0 N–H and O–H groups in total. The summed E-state index contributed by atoms with van der Waals surface area (Å²) in [6.45, 7) is 7.56. The van der Waals surface area contributed by atoms with Crippen molar-refractivity contribution in [1.29, 1.82) is 0 Å². The Hall–Kier alpha value is -1.04. The van der Waals surface area contributed by atoms with E-state index < -0.39 is 5.60 Å². The highest BCUT2D eigenvalue weighted by Crippen LogP contribution is 2.21. The van der Waals surface area contributed by atoms with Gasteiger partial charge in [0, 0.05) is 13.1 Å². The van der Waals surface area contributed by atoms with Gasteiger partial charge in [-0.1, -0.05) is 0 Å². The van der Waals surface area contributed by atoms with Gasteiger partial charge in [0.05, 0.1) is 18.6 Å². The van der Waals surface area contributed by atoms with Gasteiger partial charge in [0.25, 0.3) is 0 Å². The second-order valence-corrected chi connectivity index (χ2v) is 5.83. The van der Waals surface area contributed by atoms with Crippen LogP contribution in [0.15, 0.2) is 10.9 Å². The predicted molar refractivity (Wildman–Crippen MR) is 66.6 cm³/mol. The zero-order chi connectivity index (χ0) is 12.6. The molecular formula is C11H16BrN3O2. The largest absolute Gasteiger partial charge is 0.444 e. The maximum Gasteiger partial charge on any atom is 0.410 e. The number of hydrogen-bond acceptors (Lipinski definition) is 3. The van der Waals surface area contributed by atoms with E-state index in [-0.39, 0.29) is 6.09 Å². The first kappa shape index (κ1) is 12.4. The normalized spacial score (nSPS) is 15.6. The standard InChI is InChI=1S/C11H16BrN3O2/c1-11(2,3)17-10(16)14-4-5-15-7-13-9(12)8(15)6-14/h7H,4-6H2,1-3H3. The lowest BCUT2D eigenvalue weighted by Crippen LogP contribution is -2.41. The Balaban J connectivity index is 2.07. The van der Waals surface area contributed by atoms with E-state index in [1.807, 2.05) is 25.3 Å². The number of nitrogens with zero attached hydrogens (tertiary/aromatic N) is 3. The summed E-state index contributed by atoms with van der Waals surface area (Å²) in [4.78, 5) is 17.8. The van der Waals surface area contributed by atoms with Crippen LogP contribution >= 0.6 is 15.9 Å². The van der Waals surface area contributed by atoms with Crippen molar-refractivity contribution in [3.63, 3.8) is 0 Å². The number of rotatable bonds is 0. The van der Waals surface area contributed by atoms with Crippen LogP contribution < -0.4 is 0 Å². The fourth-order valence-electron chi connectivity index (χ4n) is 1.70. The van der Waals surface area contributed by atoms with Crippen molar-refractivity contribution < 1.29 is 9.53 Å². The van der Waals surface area contributed by atoms with Crippen molar-refractivity contribution in [3.05, 3.63) is 16.6 Å². The molecule has 1 amide bonds. The Morgan fingerprint density at radius 2 is 2.18 bits per heavy atom. The molecule has 1 aromatic rings. The van der Waals surface area contributed by atoms with Crippen molar-refractivity contribution in [1.82, 2.24) is 14.5 Å². The Morgan fingerprint density at radius 3 is 2.82 bits per heavy atom. The van der Waals surface area contributed by atoms with Gasteiger partial charge in [-0.25, -0.2) is 9.78 Å². The van der Waals surface area contributed by atoms with Crippen LogP contribution in [0, 0.1) is 0 Å². The summed E-state index contributed by atoms with van der Waals surface area (Å²) in [6.07, 6.45) is 1.52. The highest BCUT2D eigenvalue weighted by Gasteiger charge is 2.26. The maximum atomic E-state index is 11.9. The first-order chi connectivity index (χ1) is 7.87. The fraction of sp³-hybridized carbons (Fsp3) is 0.636. The average Bonchev–Trinajstić information content (AvgIpc) is 2.57. The van der Waals surface area contributed by atoms with Crippen molar-refractivity contribution in [2.45, 2.75) is 39.5 Å². The van der Waals surface area contributed by atoms with Gasteiger partial charge < -0.3 is 14.2 Å². The quantitative estimate of drug-likeness (QED) is 0.739. The maximum absolute atomic E-state index is 11.9. The van der Waals surface area contributed by atoms with E-state index in [0.717, 1.165) is 16.8 Å². The summed E-state index contributed by atoms with van der Waals surface area (Å²) in [5, 5.41) is 0. The summed E-state index contributed by atoms with van der Waals surface area (Å²) >= 11 is 3.38. The molecule has 0 unspecified atom stereocenters. The molecule has 2 heterocycles. The minimum Gasteiger partial charge on any atom is -0.444 e. The Bertz CT molecular complexity index is 436. The number of fused-ring (bicyclic) bond motifs is 1. The number of carbonyl (C=O) groups is 1. The topological polar surface area (TPSA) is 47.4 Å². The average molecular weight is 302 g/mol. The zero-order valence-electron chi connectivity index (χ0n) is 10.2. The van der Waals surface area contributed by atoms with Crippen LogP contribution in [0.3, 0.4) is 0 Å². The summed E-state index contributed by atoms with van der Waals surface area (Å²) in [6, 6.07) is 0. The molecule has 17 heavy (non-hydrogen) atoms. The second kappa shape index (κ2) is 4.33. The zero-order valence-corrected chi connectivity index (χ0v) is 11.8.